The third kappa shape index (κ3) is 11.4. The van der Waals surface area contributed by atoms with E-state index in [0.29, 0.717) is 5.76 Å². The second-order valence-corrected chi connectivity index (χ2v) is 2.34. The molecule has 0 rings (SSSR count). The molecule has 0 aliphatic carbocycles. The summed E-state index contributed by atoms with van der Waals surface area (Å²) in [6.07, 6.45) is 6.61. The predicted octanol–water partition coefficient (Wildman–Crippen LogP) is 0.145. The van der Waals surface area contributed by atoms with E-state index >= 15 is 0 Å². The molecule has 0 aliphatic heterocycles. The van der Waals surface area contributed by atoms with Gasteiger partial charge in [0.05, 0.1) is 5.76 Å². The van der Waals surface area contributed by atoms with Crippen molar-refractivity contribution in [2.45, 2.75) is 39.5 Å². The molecule has 1 nitrogen and oxygen atoms in total. The van der Waals surface area contributed by atoms with Crippen LogP contribution in [0.3, 0.4) is 0 Å². The third-order valence-corrected chi connectivity index (χ3v) is 1.25. The molecule has 0 saturated carbocycles. The van der Waals surface area contributed by atoms with E-state index in [0.717, 1.165) is 6.42 Å². The Labute approximate surface area is 87.3 Å². The van der Waals surface area contributed by atoms with Crippen molar-refractivity contribution in [2.75, 3.05) is 0 Å². The van der Waals surface area contributed by atoms with Crippen molar-refractivity contribution in [3.63, 3.8) is 0 Å². The first-order chi connectivity index (χ1) is 4.27. The van der Waals surface area contributed by atoms with Crippen molar-refractivity contribution in [2.24, 2.45) is 0 Å². The Morgan fingerprint density at radius 3 is 2.50 bits per heavy atom. The van der Waals surface area contributed by atoms with E-state index in [2.05, 4.69) is 6.92 Å². The molecule has 0 bridgehead atoms. The van der Waals surface area contributed by atoms with E-state index < -0.39 is 0 Å². The monoisotopic (exact) mass is 152 g/mol. The quantitative estimate of drug-likeness (QED) is 0.345. The molecule has 0 unspecified atom stereocenters. The van der Waals surface area contributed by atoms with Crippen LogP contribution < -0.4 is 29.6 Å². The largest absolute Gasteiger partial charge is 1.00 e. The summed E-state index contributed by atoms with van der Waals surface area (Å²) in [5.74, 6) is 0.450. The first kappa shape index (κ1) is 13.2. The molecule has 0 amide bonds. The molecule has 2 heteroatoms. The van der Waals surface area contributed by atoms with Crippen molar-refractivity contribution >= 4 is 0 Å². The van der Waals surface area contributed by atoms with Crippen LogP contribution in [0.2, 0.25) is 0 Å². The van der Waals surface area contributed by atoms with Gasteiger partial charge in [-0.3, -0.25) is 0 Å². The molecule has 10 heavy (non-hydrogen) atoms. The first-order valence-corrected chi connectivity index (χ1v) is 3.63. The van der Waals surface area contributed by atoms with Crippen molar-refractivity contribution < 1.29 is 36.1 Å². The van der Waals surface area contributed by atoms with E-state index in [1.165, 1.54) is 19.3 Å². The van der Waals surface area contributed by atoms with Crippen LogP contribution in [0, 0.1) is 0 Å². The van der Waals surface area contributed by atoms with Crippen LogP contribution in [-0.2, 0) is 0 Å². The standard InChI is InChI=1S/C8H16O.Na.H/c1-3-4-5-6-7-8(2)9;;/h7,9H,3-6H2,1-2H3;;/q;+1;-1. The zero-order chi connectivity index (χ0) is 7.11. The van der Waals surface area contributed by atoms with E-state index in [1.807, 2.05) is 6.08 Å². The number of aliphatic hydroxyl groups is 1. The average Bonchev–Trinajstić information content (AvgIpc) is 1.80. The topological polar surface area (TPSA) is 20.2 Å². The molecule has 56 valence electrons. The number of unbranched alkanes of at least 4 members (excludes halogenated alkanes) is 3. The van der Waals surface area contributed by atoms with Gasteiger partial charge in [0, 0.05) is 0 Å². The zero-order valence-corrected chi connectivity index (χ0v) is 9.35. The Hall–Kier alpha value is 0.540. The Kier molecular flexibility index (Phi) is 12.5. The van der Waals surface area contributed by atoms with Crippen molar-refractivity contribution in [1.82, 2.24) is 0 Å². The molecule has 0 heterocycles. The third-order valence-electron chi connectivity index (χ3n) is 1.25. The van der Waals surface area contributed by atoms with Crippen LogP contribution in [0.25, 0.3) is 0 Å². The maximum absolute atomic E-state index is 8.71. The summed E-state index contributed by atoms with van der Waals surface area (Å²) in [4.78, 5) is 0. The number of allylic oxidation sites excluding steroid dienone is 2. The number of rotatable bonds is 4. The van der Waals surface area contributed by atoms with Crippen molar-refractivity contribution in [3.05, 3.63) is 11.8 Å². The fourth-order valence-electron chi connectivity index (χ4n) is 0.705. The Morgan fingerprint density at radius 2 is 2.10 bits per heavy atom. The van der Waals surface area contributed by atoms with Gasteiger partial charge in [-0.1, -0.05) is 19.8 Å². The molecule has 1 N–H and O–H groups in total. The molecule has 0 aromatic rings. The summed E-state index contributed by atoms with van der Waals surface area (Å²) in [5, 5.41) is 8.71. The van der Waals surface area contributed by atoms with Gasteiger partial charge in [0.25, 0.3) is 0 Å². The SMILES string of the molecule is CCCCCC=C(C)O.[H-].[Na+]. The fraction of sp³-hybridized carbons (Fsp3) is 0.750. The second kappa shape index (κ2) is 9.54. The second-order valence-electron chi connectivity index (χ2n) is 2.34. The molecule has 0 spiro atoms. The number of aliphatic hydroxyl groups excluding tert-OH is 1. The predicted molar refractivity (Wildman–Crippen MR) is 41.6 cm³/mol. The van der Waals surface area contributed by atoms with Gasteiger partial charge < -0.3 is 6.53 Å². The molecular formula is C8H17NaO. The van der Waals surface area contributed by atoms with E-state index in [-0.39, 0.29) is 31.0 Å². The minimum atomic E-state index is 0. The number of hydrogen-bond acceptors (Lipinski definition) is 1. The van der Waals surface area contributed by atoms with Crippen LogP contribution in [0.15, 0.2) is 11.8 Å². The number of hydrogen-bond donors (Lipinski definition) is 1. The summed E-state index contributed by atoms with van der Waals surface area (Å²) < 4.78 is 0. The van der Waals surface area contributed by atoms with Gasteiger partial charge in [-0.25, -0.2) is 0 Å². The first-order valence-electron chi connectivity index (χ1n) is 3.63. The summed E-state index contributed by atoms with van der Waals surface area (Å²) in [6, 6.07) is 0. The Balaban J connectivity index is -0.000000320. The fourth-order valence-corrected chi connectivity index (χ4v) is 0.705. The average molecular weight is 152 g/mol. The molecule has 0 radical (unpaired) electrons. The molecule has 0 aromatic carbocycles. The molecule has 0 fully saturated rings. The minimum Gasteiger partial charge on any atom is -1.00 e. The van der Waals surface area contributed by atoms with Gasteiger partial charge in [0.2, 0.25) is 0 Å². The van der Waals surface area contributed by atoms with Gasteiger partial charge in [-0.15, -0.1) is 0 Å². The van der Waals surface area contributed by atoms with E-state index in [4.69, 9.17) is 5.11 Å². The van der Waals surface area contributed by atoms with Crippen LogP contribution in [0.1, 0.15) is 41.0 Å². The van der Waals surface area contributed by atoms with Crippen molar-refractivity contribution in [3.8, 4) is 0 Å². The van der Waals surface area contributed by atoms with Crippen LogP contribution in [0.5, 0.6) is 0 Å². The summed E-state index contributed by atoms with van der Waals surface area (Å²) in [7, 11) is 0. The summed E-state index contributed by atoms with van der Waals surface area (Å²) in [5.41, 5.74) is 0. The zero-order valence-electron chi connectivity index (χ0n) is 8.35. The Bertz CT molecular complexity index is 90.1. The molecule has 0 aromatic heterocycles. The van der Waals surface area contributed by atoms with Gasteiger partial charge in [-0.05, 0) is 25.8 Å². The van der Waals surface area contributed by atoms with Crippen LogP contribution in [0.4, 0.5) is 0 Å². The van der Waals surface area contributed by atoms with Crippen LogP contribution in [-0.4, -0.2) is 5.11 Å². The maximum atomic E-state index is 8.71. The Morgan fingerprint density at radius 1 is 1.50 bits per heavy atom. The smallest absolute Gasteiger partial charge is 1.00 e. The van der Waals surface area contributed by atoms with Gasteiger partial charge in [0.1, 0.15) is 0 Å². The minimum absolute atomic E-state index is 0. The molecular weight excluding hydrogens is 135 g/mol. The molecule has 0 aliphatic rings. The van der Waals surface area contributed by atoms with Gasteiger partial charge in [0.15, 0.2) is 0 Å². The van der Waals surface area contributed by atoms with Gasteiger partial charge >= 0.3 is 29.6 Å². The van der Waals surface area contributed by atoms with E-state index in [9.17, 15) is 0 Å². The van der Waals surface area contributed by atoms with Crippen LogP contribution >= 0.6 is 0 Å². The molecule has 0 atom stereocenters. The van der Waals surface area contributed by atoms with Crippen molar-refractivity contribution in [1.29, 1.82) is 0 Å². The maximum Gasteiger partial charge on any atom is 1.00 e. The summed E-state index contributed by atoms with van der Waals surface area (Å²) in [6.45, 7) is 3.89. The van der Waals surface area contributed by atoms with E-state index in [1.54, 1.807) is 6.92 Å². The van der Waals surface area contributed by atoms with Gasteiger partial charge in [-0.2, -0.15) is 0 Å². The normalized spacial score (nSPS) is 10.8. The molecule has 0 saturated heterocycles. The summed E-state index contributed by atoms with van der Waals surface area (Å²) >= 11 is 0.